The first-order valence-electron chi connectivity index (χ1n) is 5.40. The Morgan fingerprint density at radius 2 is 2.33 bits per heavy atom. The highest BCUT2D eigenvalue weighted by Crippen LogP contribution is 2.29. The van der Waals surface area contributed by atoms with Crippen LogP contribution in [0.25, 0.3) is 0 Å². The third-order valence-electron chi connectivity index (χ3n) is 2.58. The van der Waals surface area contributed by atoms with E-state index in [1.54, 1.807) is 6.08 Å². The molecule has 0 radical (unpaired) electrons. The van der Waals surface area contributed by atoms with Crippen molar-refractivity contribution in [2.75, 3.05) is 26.7 Å². The molecule has 1 saturated carbocycles. The van der Waals surface area contributed by atoms with E-state index in [4.69, 9.17) is 4.74 Å². The molecule has 2 N–H and O–H groups in total. The number of hydrogen-bond donors (Lipinski definition) is 2. The molecule has 0 heterocycles. The Labute approximate surface area is 91.1 Å². The maximum absolute atomic E-state index is 11.2. The van der Waals surface area contributed by atoms with Crippen molar-refractivity contribution >= 4 is 5.91 Å². The summed E-state index contributed by atoms with van der Waals surface area (Å²) in [6.45, 7) is 5.25. The van der Waals surface area contributed by atoms with E-state index in [0.29, 0.717) is 6.54 Å². The van der Waals surface area contributed by atoms with E-state index in [1.165, 1.54) is 0 Å². The van der Waals surface area contributed by atoms with Gasteiger partial charge in [0.15, 0.2) is 0 Å². The van der Waals surface area contributed by atoms with Gasteiger partial charge in [-0.25, -0.2) is 0 Å². The highest BCUT2D eigenvalue weighted by molar-refractivity contribution is 5.77. The third-order valence-corrected chi connectivity index (χ3v) is 2.58. The summed E-state index contributed by atoms with van der Waals surface area (Å²) < 4.78 is 5.44. The summed E-state index contributed by atoms with van der Waals surface area (Å²) in [5.74, 6) is 0.656. The van der Waals surface area contributed by atoms with Gasteiger partial charge < -0.3 is 15.4 Å². The molecule has 0 unspecified atom stereocenters. The monoisotopic (exact) mass is 212 g/mol. The Balaban J connectivity index is 1.98. The molecule has 0 aromatic carbocycles. The minimum Gasteiger partial charge on any atom is -0.368 e. The lowest BCUT2D eigenvalue weighted by molar-refractivity contribution is -0.130. The van der Waals surface area contributed by atoms with E-state index < -0.39 is 0 Å². The van der Waals surface area contributed by atoms with Crippen molar-refractivity contribution in [2.24, 2.45) is 5.92 Å². The van der Waals surface area contributed by atoms with E-state index in [0.717, 1.165) is 25.3 Å². The second kappa shape index (κ2) is 6.58. The summed E-state index contributed by atoms with van der Waals surface area (Å²) in [5, 5.41) is 5.81. The normalized spacial score (nSPS) is 24.3. The summed E-state index contributed by atoms with van der Waals surface area (Å²) in [7, 11) is 1.96. The minimum absolute atomic E-state index is 0.0630. The van der Waals surface area contributed by atoms with Crippen LogP contribution in [0.3, 0.4) is 0 Å². The predicted octanol–water partition coefficient (Wildman–Crippen LogP) is 0.303. The van der Waals surface area contributed by atoms with Gasteiger partial charge in [-0.1, -0.05) is 6.08 Å². The van der Waals surface area contributed by atoms with E-state index in [-0.39, 0.29) is 18.6 Å². The lowest BCUT2D eigenvalue weighted by Gasteiger charge is -2.34. The topological polar surface area (TPSA) is 50.4 Å². The quantitative estimate of drug-likeness (QED) is 0.597. The van der Waals surface area contributed by atoms with Crippen molar-refractivity contribution in [3.8, 4) is 0 Å². The standard InChI is InChI=1S/C11H20N2O2/c1-3-4-13-11(14)8-15-10-5-9(6-10)7-12-2/h3,9-10,12H,1,4-8H2,2H3,(H,13,14). The van der Waals surface area contributed by atoms with E-state index in [2.05, 4.69) is 17.2 Å². The van der Waals surface area contributed by atoms with Crippen LogP contribution < -0.4 is 10.6 Å². The fourth-order valence-corrected chi connectivity index (χ4v) is 1.70. The highest BCUT2D eigenvalue weighted by Gasteiger charge is 2.29. The molecular formula is C11H20N2O2. The Bertz CT molecular complexity index is 213. The molecule has 0 aliphatic heterocycles. The van der Waals surface area contributed by atoms with Crippen LogP contribution in [0.5, 0.6) is 0 Å². The van der Waals surface area contributed by atoms with Gasteiger partial charge in [0.25, 0.3) is 0 Å². The van der Waals surface area contributed by atoms with Crippen LogP contribution in [-0.4, -0.2) is 38.8 Å². The molecule has 1 rings (SSSR count). The zero-order valence-corrected chi connectivity index (χ0v) is 9.29. The Morgan fingerprint density at radius 1 is 1.60 bits per heavy atom. The number of hydrogen-bond acceptors (Lipinski definition) is 3. The first kappa shape index (κ1) is 12.2. The molecular weight excluding hydrogens is 192 g/mol. The van der Waals surface area contributed by atoms with Crippen LogP contribution in [-0.2, 0) is 9.53 Å². The molecule has 4 heteroatoms. The van der Waals surface area contributed by atoms with Gasteiger partial charge >= 0.3 is 0 Å². The number of nitrogens with one attached hydrogen (secondary N) is 2. The number of ether oxygens (including phenoxy) is 1. The maximum atomic E-state index is 11.2. The average Bonchev–Trinajstić information content (AvgIpc) is 2.18. The van der Waals surface area contributed by atoms with Crippen LogP contribution in [0.1, 0.15) is 12.8 Å². The molecule has 15 heavy (non-hydrogen) atoms. The lowest BCUT2D eigenvalue weighted by Crippen LogP contribution is -2.39. The smallest absolute Gasteiger partial charge is 0.246 e. The molecule has 0 saturated heterocycles. The zero-order chi connectivity index (χ0) is 11.1. The zero-order valence-electron chi connectivity index (χ0n) is 9.29. The minimum atomic E-state index is -0.0630. The molecule has 0 bridgehead atoms. The summed E-state index contributed by atoms with van der Waals surface area (Å²) in [6.07, 6.45) is 4.06. The molecule has 1 aliphatic rings. The molecule has 1 aliphatic carbocycles. The van der Waals surface area contributed by atoms with Crippen LogP contribution in [0.15, 0.2) is 12.7 Å². The van der Waals surface area contributed by atoms with Gasteiger partial charge in [-0.3, -0.25) is 4.79 Å². The van der Waals surface area contributed by atoms with E-state index >= 15 is 0 Å². The lowest BCUT2D eigenvalue weighted by atomic mass is 9.82. The highest BCUT2D eigenvalue weighted by atomic mass is 16.5. The predicted molar refractivity (Wildman–Crippen MR) is 59.6 cm³/mol. The second-order valence-electron chi connectivity index (χ2n) is 3.92. The summed E-state index contributed by atoms with van der Waals surface area (Å²) >= 11 is 0. The number of rotatable bonds is 7. The molecule has 86 valence electrons. The summed E-state index contributed by atoms with van der Waals surface area (Å²) in [4.78, 5) is 11.2. The van der Waals surface area contributed by atoms with Crippen LogP contribution in [0.2, 0.25) is 0 Å². The molecule has 0 aromatic heterocycles. The molecule has 1 amide bonds. The van der Waals surface area contributed by atoms with Crippen LogP contribution in [0, 0.1) is 5.92 Å². The Hall–Kier alpha value is -0.870. The first-order valence-corrected chi connectivity index (χ1v) is 5.40. The molecule has 0 aromatic rings. The summed E-state index contributed by atoms with van der Waals surface area (Å²) in [5.41, 5.74) is 0. The van der Waals surface area contributed by atoms with Gasteiger partial charge in [-0.15, -0.1) is 6.58 Å². The molecule has 4 nitrogen and oxygen atoms in total. The second-order valence-corrected chi connectivity index (χ2v) is 3.92. The van der Waals surface area contributed by atoms with Gasteiger partial charge in [0.2, 0.25) is 5.91 Å². The van der Waals surface area contributed by atoms with Crippen LogP contribution >= 0.6 is 0 Å². The van der Waals surface area contributed by atoms with Crippen LogP contribution in [0.4, 0.5) is 0 Å². The van der Waals surface area contributed by atoms with Crippen molar-refractivity contribution in [1.82, 2.24) is 10.6 Å². The van der Waals surface area contributed by atoms with Crippen molar-refractivity contribution < 1.29 is 9.53 Å². The van der Waals surface area contributed by atoms with Gasteiger partial charge in [-0.2, -0.15) is 0 Å². The Morgan fingerprint density at radius 3 is 2.93 bits per heavy atom. The summed E-state index contributed by atoms with van der Waals surface area (Å²) in [6, 6.07) is 0. The number of carbonyl (C=O) groups is 1. The number of carbonyl (C=O) groups excluding carboxylic acids is 1. The van der Waals surface area contributed by atoms with Crippen molar-refractivity contribution in [3.05, 3.63) is 12.7 Å². The third kappa shape index (κ3) is 4.44. The van der Waals surface area contributed by atoms with Gasteiger partial charge in [-0.05, 0) is 32.4 Å². The SMILES string of the molecule is C=CCNC(=O)COC1CC(CNC)C1. The van der Waals surface area contributed by atoms with Gasteiger partial charge in [0, 0.05) is 6.54 Å². The van der Waals surface area contributed by atoms with Crippen molar-refractivity contribution in [3.63, 3.8) is 0 Å². The van der Waals surface area contributed by atoms with E-state index in [1.807, 2.05) is 7.05 Å². The van der Waals surface area contributed by atoms with Gasteiger partial charge in [0.1, 0.15) is 6.61 Å². The van der Waals surface area contributed by atoms with Crippen molar-refractivity contribution in [1.29, 1.82) is 0 Å². The molecule has 1 fully saturated rings. The van der Waals surface area contributed by atoms with E-state index in [9.17, 15) is 4.79 Å². The largest absolute Gasteiger partial charge is 0.368 e. The number of amides is 1. The van der Waals surface area contributed by atoms with Crippen molar-refractivity contribution in [2.45, 2.75) is 18.9 Å². The van der Waals surface area contributed by atoms with Gasteiger partial charge in [0.05, 0.1) is 6.10 Å². The first-order chi connectivity index (χ1) is 7.26. The Kier molecular flexibility index (Phi) is 5.36. The average molecular weight is 212 g/mol. The maximum Gasteiger partial charge on any atom is 0.246 e. The molecule has 0 atom stereocenters. The fourth-order valence-electron chi connectivity index (χ4n) is 1.70. The fraction of sp³-hybridized carbons (Fsp3) is 0.727. The molecule has 0 spiro atoms.